The maximum Gasteiger partial charge on any atom is 0.470 e. The Morgan fingerprint density at radius 3 is 2.40 bits per heavy atom. The highest BCUT2D eigenvalue weighted by atomic mass is 31.2. The molecule has 0 amide bonds. The van der Waals surface area contributed by atoms with Crippen molar-refractivity contribution in [1.29, 1.82) is 0 Å². The average molecular weight is 246 g/mol. The number of halogens is 2. The molecule has 0 saturated carbocycles. The first-order chi connectivity index (χ1) is 6.69. The predicted molar refractivity (Wildman–Crippen MR) is 47.5 cm³/mol. The number of rotatable bonds is 7. The molecule has 0 aliphatic carbocycles. The third-order valence-corrected chi connectivity index (χ3v) is 2.08. The van der Waals surface area contributed by atoms with Crippen molar-refractivity contribution in [1.82, 2.24) is 0 Å². The SMILES string of the molecule is CCCCC(F)(F)C(=O)COP(=O)(O)O. The van der Waals surface area contributed by atoms with Gasteiger partial charge in [0.25, 0.3) is 0 Å². The normalized spacial score (nSPS) is 12.9. The van der Waals surface area contributed by atoms with Crippen LogP contribution in [0.5, 0.6) is 0 Å². The Balaban J connectivity index is 4.13. The van der Waals surface area contributed by atoms with E-state index in [0.29, 0.717) is 6.42 Å². The summed E-state index contributed by atoms with van der Waals surface area (Å²) in [4.78, 5) is 27.2. The van der Waals surface area contributed by atoms with Crippen LogP contribution in [-0.2, 0) is 13.9 Å². The number of carbonyl (C=O) groups excluding carboxylic acids is 1. The molecule has 5 nitrogen and oxygen atoms in total. The lowest BCUT2D eigenvalue weighted by Crippen LogP contribution is -2.31. The maximum absolute atomic E-state index is 12.9. The standard InChI is InChI=1S/C7H13F2O5P/c1-2-3-4-7(8,9)6(10)5-14-15(11,12)13/h2-5H2,1H3,(H2,11,12,13). The van der Waals surface area contributed by atoms with Crippen molar-refractivity contribution in [3.63, 3.8) is 0 Å². The highest BCUT2D eigenvalue weighted by Gasteiger charge is 2.38. The lowest BCUT2D eigenvalue weighted by atomic mass is 10.1. The van der Waals surface area contributed by atoms with Gasteiger partial charge in [-0.15, -0.1) is 0 Å². The van der Waals surface area contributed by atoms with E-state index in [4.69, 9.17) is 9.79 Å². The first-order valence-corrected chi connectivity index (χ1v) is 5.83. The Bertz CT molecular complexity index is 262. The fraction of sp³-hybridized carbons (Fsp3) is 0.857. The second kappa shape index (κ2) is 5.65. The molecule has 0 heterocycles. The second-order valence-electron chi connectivity index (χ2n) is 3.00. The van der Waals surface area contributed by atoms with E-state index in [2.05, 4.69) is 4.52 Å². The van der Waals surface area contributed by atoms with Gasteiger partial charge in [-0.05, 0) is 6.42 Å². The highest BCUT2D eigenvalue weighted by molar-refractivity contribution is 7.46. The molecule has 0 aromatic heterocycles. The Hall–Kier alpha value is -0.360. The summed E-state index contributed by atoms with van der Waals surface area (Å²) in [5.74, 6) is -5.19. The number of hydrogen-bond acceptors (Lipinski definition) is 3. The lowest BCUT2D eigenvalue weighted by molar-refractivity contribution is -0.146. The summed E-state index contributed by atoms with van der Waals surface area (Å²) >= 11 is 0. The number of Topliss-reactive ketones (excluding diaryl/α,β-unsaturated/α-hetero) is 1. The number of unbranched alkanes of at least 4 members (excludes halogenated alkanes) is 1. The van der Waals surface area contributed by atoms with E-state index in [1.54, 1.807) is 6.92 Å². The molecule has 90 valence electrons. The minimum absolute atomic E-state index is 0.161. The third-order valence-electron chi connectivity index (χ3n) is 1.62. The van der Waals surface area contributed by atoms with Crippen molar-refractivity contribution < 1.29 is 32.5 Å². The number of hydrogen-bond donors (Lipinski definition) is 2. The smallest absolute Gasteiger partial charge is 0.303 e. The molecule has 0 spiro atoms. The van der Waals surface area contributed by atoms with Crippen molar-refractivity contribution in [2.24, 2.45) is 0 Å². The van der Waals surface area contributed by atoms with Crippen LogP contribution in [0.15, 0.2) is 0 Å². The van der Waals surface area contributed by atoms with Crippen LogP contribution >= 0.6 is 7.82 Å². The van der Waals surface area contributed by atoms with Gasteiger partial charge in [0, 0.05) is 6.42 Å². The van der Waals surface area contributed by atoms with Crippen molar-refractivity contribution in [2.45, 2.75) is 32.1 Å². The molecule has 0 unspecified atom stereocenters. The summed E-state index contributed by atoms with van der Waals surface area (Å²) in [7, 11) is -4.87. The Labute approximate surface area is 85.7 Å². The molecule has 0 aliphatic rings. The number of alkyl halides is 2. The molecule has 0 aromatic carbocycles. The highest BCUT2D eigenvalue weighted by Crippen LogP contribution is 2.36. The van der Waals surface area contributed by atoms with Gasteiger partial charge in [0.1, 0.15) is 6.61 Å². The first kappa shape index (κ1) is 14.6. The first-order valence-electron chi connectivity index (χ1n) is 4.30. The van der Waals surface area contributed by atoms with Gasteiger partial charge in [-0.2, -0.15) is 8.78 Å². The van der Waals surface area contributed by atoms with Crippen molar-refractivity contribution >= 4 is 13.6 Å². The van der Waals surface area contributed by atoms with Gasteiger partial charge in [0.15, 0.2) is 0 Å². The van der Waals surface area contributed by atoms with Gasteiger partial charge in [0.2, 0.25) is 5.78 Å². The Kier molecular flexibility index (Phi) is 5.51. The fourth-order valence-electron chi connectivity index (χ4n) is 0.787. The average Bonchev–Trinajstić information content (AvgIpc) is 2.09. The van der Waals surface area contributed by atoms with Gasteiger partial charge in [-0.3, -0.25) is 9.32 Å². The number of phosphoric acid groups is 1. The second-order valence-corrected chi connectivity index (χ2v) is 4.23. The minimum Gasteiger partial charge on any atom is -0.303 e. The van der Waals surface area contributed by atoms with Crippen LogP contribution in [-0.4, -0.2) is 28.1 Å². The largest absolute Gasteiger partial charge is 0.470 e. The van der Waals surface area contributed by atoms with E-state index >= 15 is 0 Å². The molecule has 0 saturated heterocycles. The predicted octanol–water partition coefficient (Wildman–Crippen LogP) is 1.49. The van der Waals surface area contributed by atoms with Crippen LogP contribution in [0.25, 0.3) is 0 Å². The van der Waals surface area contributed by atoms with Gasteiger partial charge in [-0.25, -0.2) is 4.57 Å². The molecule has 0 rings (SSSR count). The molecule has 15 heavy (non-hydrogen) atoms. The summed E-state index contributed by atoms with van der Waals surface area (Å²) in [6.07, 6.45) is 0.0315. The van der Waals surface area contributed by atoms with E-state index in [-0.39, 0.29) is 6.42 Å². The lowest BCUT2D eigenvalue weighted by Gasteiger charge is -2.14. The van der Waals surface area contributed by atoms with Gasteiger partial charge in [-0.1, -0.05) is 13.3 Å². The quantitative estimate of drug-likeness (QED) is 0.665. The number of ketones is 1. The zero-order valence-corrected chi connectivity index (χ0v) is 9.05. The topological polar surface area (TPSA) is 83.8 Å². The van der Waals surface area contributed by atoms with Crippen LogP contribution in [0.2, 0.25) is 0 Å². The van der Waals surface area contributed by atoms with Gasteiger partial charge in [0.05, 0.1) is 0 Å². The number of phosphoric ester groups is 1. The summed E-state index contributed by atoms with van der Waals surface area (Å²) in [6, 6.07) is 0. The summed E-state index contributed by atoms with van der Waals surface area (Å²) < 4.78 is 39.6. The van der Waals surface area contributed by atoms with E-state index < -0.39 is 32.6 Å². The van der Waals surface area contributed by atoms with E-state index in [1.165, 1.54) is 0 Å². The minimum atomic E-state index is -4.87. The molecule has 0 aromatic rings. The van der Waals surface area contributed by atoms with Crippen LogP contribution in [0.3, 0.4) is 0 Å². The monoisotopic (exact) mass is 246 g/mol. The Morgan fingerprint density at radius 2 is 2.00 bits per heavy atom. The molecule has 0 atom stereocenters. The van der Waals surface area contributed by atoms with Gasteiger partial charge < -0.3 is 9.79 Å². The van der Waals surface area contributed by atoms with Crippen molar-refractivity contribution in [3.05, 3.63) is 0 Å². The summed E-state index contributed by atoms with van der Waals surface area (Å²) in [5, 5.41) is 0. The van der Waals surface area contributed by atoms with Crippen molar-refractivity contribution in [3.8, 4) is 0 Å². The molecule has 0 aliphatic heterocycles. The molecule has 0 bridgehead atoms. The summed E-state index contributed by atoms with van der Waals surface area (Å²) in [6.45, 7) is 0.410. The van der Waals surface area contributed by atoms with Crippen molar-refractivity contribution in [2.75, 3.05) is 6.61 Å². The third kappa shape index (κ3) is 6.67. The van der Waals surface area contributed by atoms with Crippen LogP contribution in [0, 0.1) is 0 Å². The molecule has 0 fully saturated rings. The van der Waals surface area contributed by atoms with E-state index in [1.807, 2.05) is 0 Å². The van der Waals surface area contributed by atoms with Crippen LogP contribution < -0.4 is 0 Å². The molecule has 2 N–H and O–H groups in total. The zero-order chi connectivity index (χ0) is 12.1. The van der Waals surface area contributed by atoms with Crippen LogP contribution in [0.4, 0.5) is 8.78 Å². The molecule has 0 radical (unpaired) electrons. The summed E-state index contributed by atoms with van der Waals surface area (Å²) in [5.41, 5.74) is 0. The zero-order valence-electron chi connectivity index (χ0n) is 8.15. The van der Waals surface area contributed by atoms with Crippen LogP contribution in [0.1, 0.15) is 26.2 Å². The molecular formula is C7H13F2O5P. The van der Waals surface area contributed by atoms with E-state index in [9.17, 15) is 18.1 Å². The fourth-order valence-corrected chi connectivity index (χ4v) is 1.07. The Morgan fingerprint density at radius 1 is 1.47 bits per heavy atom. The van der Waals surface area contributed by atoms with Gasteiger partial charge >= 0.3 is 13.7 Å². The molecular weight excluding hydrogens is 233 g/mol. The number of carbonyl (C=O) groups is 1. The molecule has 8 heteroatoms. The maximum atomic E-state index is 12.9. The van der Waals surface area contributed by atoms with E-state index in [0.717, 1.165) is 0 Å².